The zero-order chi connectivity index (χ0) is 10.4. The van der Waals surface area contributed by atoms with E-state index in [9.17, 15) is 0 Å². The molecule has 80 valence electrons. The van der Waals surface area contributed by atoms with Crippen LogP contribution in [0.1, 0.15) is 33.1 Å². The van der Waals surface area contributed by atoms with Gasteiger partial charge in [-0.1, -0.05) is 6.92 Å². The second-order valence-corrected chi connectivity index (χ2v) is 3.83. The molecule has 1 rings (SSSR count). The second-order valence-electron chi connectivity index (χ2n) is 3.83. The Labute approximate surface area is 87.4 Å². The summed E-state index contributed by atoms with van der Waals surface area (Å²) in [7, 11) is 1.81. The summed E-state index contributed by atoms with van der Waals surface area (Å²) in [6, 6.07) is 0.407. The van der Waals surface area contributed by atoms with Gasteiger partial charge in [0.25, 0.3) is 0 Å². The lowest BCUT2D eigenvalue weighted by molar-refractivity contribution is 0.0530. The molecule has 1 saturated carbocycles. The minimum atomic E-state index is 0.357. The highest BCUT2D eigenvalue weighted by Crippen LogP contribution is 2.36. The molecule has 2 nitrogen and oxygen atoms in total. The van der Waals surface area contributed by atoms with Crippen LogP contribution in [0.3, 0.4) is 0 Å². The third kappa shape index (κ3) is 3.32. The van der Waals surface area contributed by atoms with E-state index in [0.717, 1.165) is 18.9 Å². The molecule has 14 heavy (non-hydrogen) atoms. The first-order chi connectivity index (χ1) is 6.83. The summed E-state index contributed by atoms with van der Waals surface area (Å²) >= 11 is 0. The molecule has 0 bridgehead atoms. The van der Waals surface area contributed by atoms with Crippen LogP contribution in [0.4, 0.5) is 0 Å². The highest BCUT2D eigenvalue weighted by molar-refractivity contribution is 5.02. The second kappa shape index (κ2) is 6.06. The van der Waals surface area contributed by atoms with Crippen LogP contribution in [0, 0.1) is 17.8 Å². The monoisotopic (exact) mass is 195 g/mol. The lowest BCUT2D eigenvalue weighted by atomic mass is 10.0. The van der Waals surface area contributed by atoms with E-state index >= 15 is 0 Å². The Bertz CT molecular complexity index is 212. The Hall–Kier alpha value is -0.520. The fourth-order valence-corrected chi connectivity index (χ4v) is 1.89. The average Bonchev–Trinajstić information content (AvgIpc) is 2.99. The van der Waals surface area contributed by atoms with E-state index in [2.05, 4.69) is 24.1 Å². The summed E-state index contributed by atoms with van der Waals surface area (Å²) in [5, 5.41) is 3.46. The van der Waals surface area contributed by atoms with Gasteiger partial charge in [-0.05, 0) is 32.2 Å². The highest BCUT2D eigenvalue weighted by Gasteiger charge is 2.35. The van der Waals surface area contributed by atoms with Gasteiger partial charge in [0.2, 0.25) is 0 Å². The SMILES string of the molecule is CC#CCC(NCC)C(OC)C1CC1. The Morgan fingerprint density at radius 3 is 2.64 bits per heavy atom. The fraction of sp³-hybridized carbons (Fsp3) is 0.833. The molecule has 0 amide bonds. The van der Waals surface area contributed by atoms with Crippen LogP contribution in [0.15, 0.2) is 0 Å². The summed E-state index contributed by atoms with van der Waals surface area (Å²) < 4.78 is 5.56. The minimum Gasteiger partial charge on any atom is -0.380 e. The molecule has 0 aromatic heterocycles. The van der Waals surface area contributed by atoms with Gasteiger partial charge in [0.05, 0.1) is 6.10 Å². The van der Waals surface area contributed by atoms with Crippen molar-refractivity contribution in [3.8, 4) is 11.8 Å². The van der Waals surface area contributed by atoms with E-state index in [0.29, 0.717) is 12.1 Å². The van der Waals surface area contributed by atoms with Crippen molar-refractivity contribution in [2.24, 2.45) is 5.92 Å². The molecule has 0 heterocycles. The van der Waals surface area contributed by atoms with Gasteiger partial charge in [-0.3, -0.25) is 0 Å². The summed E-state index contributed by atoms with van der Waals surface area (Å²) in [6.07, 6.45) is 3.90. The summed E-state index contributed by atoms with van der Waals surface area (Å²) in [4.78, 5) is 0. The number of nitrogens with one attached hydrogen (secondary N) is 1. The fourth-order valence-electron chi connectivity index (χ4n) is 1.89. The van der Waals surface area contributed by atoms with E-state index in [1.807, 2.05) is 14.0 Å². The van der Waals surface area contributed by atoms with Crippen molar-refractivity contribution in [3.05, 3.63) is 0 Å². The topological polar surface area (TPSA) is 21.3 Å². The molecule has 1 fully saturated rings. The number of methoxy groups -OCH3 is 1. The van der Waals surface area contributed by atoms with E-state index in [1.54, 1.807) is 0 Å². The molecular weight excluding hydrogens is 174 g/mol. The van der Waals surface area contributed by atoms with Crippen molar-refractivity contribution in [1.29, 1.82) is 0 Å². The summed E-state index contributed by atoms with van der Waals surface area (Å²) in [5.74, 6) is 6.85. The van der Waals surface area contributed by atoms with Crippen molar-refractivity contribution in [1.82, 2.24) is 5.32 Å². The zero-order valence-electron chi connectivity index (χ0n) is 9.47. The van der Waals surface area contributed by atoms with Gasteiger partial charge in [0, 0.05) is 19.6 Å². The zero-order valence-corrected chi connectivity index (χ0v) is 9.47. The normalized spacial score (nSPS) is 19.6. The van der Waals surface area contributed by atoms with E-state index in [1.165, 1.54) is 12.8 Å². The quantitative estimate of drug-likeness (QED) is 0.653. The Balaban J connectivity index is 2.47. The van der Waals surface area contributed by atoms with Gasteiger partial charge in [-0.2, -0.15) is 0 Å². The van der Waals surface area contributed by atoms with Gasteiger partial charge in [0.1, 0.15) is 0 Å². The maximum atomic E-state index is 5.56. The number of hydrogen-bond acceptors (Lipinski definition) is 2. The van der Waals surface area contributed by atoms with Crippen LogP contribution >= 0.6 is 0 Å². The molecule has 1 aliphatic carbocycles. The third-order valence-electron chi connectivity index (χ3n) is 2.72. The van der Waals surface area contributed by atoms with E-state index < -0.39 is 0 Å². The summed E-state index contributed by atoms with van der Waals surface area (Å²) in [6.45, 7) is 5.01. The van der Waals surface area contributed by atoms with Crippen molar-refractivity contribution in [2.75, 3.05) is 13.7 Å². The van der Waals surface area contributed by atoms with Crippen molar-refractivity contribution >= 4 is 0 Å². The predicted octanol–water partition coefficient (Wildman–Crippen LogP) is 1.80. The Morgan fingerprint density at radius 2 is 2.21 bits per heavy atom. The van der Waals surface area contributed by atoms with Crippen LogP contribution in [-0.2, 0) is 4.74 Å². The van der Waals surface area contributed by atoms with Gasteiger partial charge in [0.15, 0.2) is 0 Å². The Kier molecular flexibility index (Phi) is 5.00. The molecular formula is C12H21NO. The number of hydrogen-bond donors (Lipinski definition) is 1. The Morgan fingerprint density at radius 1 is 1.50 bits per heavy atom. The third-order valence-corrected chi connectivity index (χ3v) is 2.72. The highest BCUT2D eigenvalue weighted by atomic mass is 16.5. The van der Waals surface area contributed by atoms with Gasteiger partial charge < -0.3 is 10.1 Å². The molecule has 0 aromatic carbocycles. The minimum absolute atomic E-state index is 0.357. The maximum Gasteiger partial charge on any atom is 0.0761 e. The van der Waals surface area contributed by atoms with Gasteiger partial charge in [-0.25, -0.2) is 0 Å². The first-order valence-electron chi connectivity index (χ1n) is 5.49. The van der Waals surface area contributed by atoms with Gasteiger partial charge >= 0.3 is 0 Å². The van der Waals surface area contributed by atoms with Crippen LogP contribution < -0.4 is 5.32 Å². The van der Waals surface area contributed by atoms with Crippen LogP contribution in [0.25, 0.3) is 0 Å². The number of likely N-dealkylation sites (N-methyl/N-ethyl adjacent to an activating group) is 1. The maximum absolute atomic E-state index is 5.56. The number of ether oxygens (including phenoxy) is 1. The first-order valence-corrected chi connectivity index (χ1v) is 5.49. The molecule has 2 unspecified atom stereocenters. The average molecular weight is 195 g/mol. The molecule has 2 heteroatoms. The lowest BCUT2D eigenvalue weighted by Crippen LogP contribution is -2.41. The number of rotatable bonds is 6. The van der Waals surface area contributed by atoms with Crippen LogP contribution in [0.2, 0.25) is 0 Å². The first kappa shape index (κ1) is 11.6. The molecule has 1 N–H and O–H groups in total. The molecule has 0 aromatic rings. The summed E-state index contributed by atoms with van der Waals surface area (Å²) in [5.41, 5.74) is 0. The molecule has 1 aliphatic rings. The molecule has 0 saturated heterocycles. The largest absolute Gasteiger partial charge is 0.380 e. The van der Waals surface area contributed by atoms with E-state index in [-0.39, 0.29) is 0 Å². The smallest absolute Gasteiger partial charge is 0.0761 e. The van der Waals surface area contributed by atoms with Crippen molar-refractivity contribution < 1.29 is 4.74 Å². The molecule has 0 aliphatic heterocycles. The van der Waals surface area contributed by atoms with Crippen LogP contribution in [-0.4, -0.2) is 25.8 Å². The van der Waals surface area contributed by atoms with E-state index in [4.69, 9.17) is 4.74 Å². The van der Waals surface area contributed by atoms with Crippen molar-refractivity contribution in [2.45, 2.75) is 45.3 Å². The predicted molar refractivity (Wildman–Crippen MR) is 59.1 cm³/mol. The van der Waals surface area contributed by atoms with Crippen molar-refractivity contribution in [3.63, 3.8) is 0 Å². The molecule has 0 radical (unpaired) electrons. The molecule has 2 atom stereocenters. The molecule has 0 spiro atoms. The lowest BCUT2D eigenvalue weighted by Gasteiger charge is -2.25. The van der Waals surface area contributed by atoms with Crippen LogP contribution in [0.5, 0.6) is 0 Å². The van der Waals surface area contributed by atoms with Gasteiger partial charge in [-0.15, -0.1) is 11.8 Å². The standard InChI is InChI=1S/C12H21NO/c1-4-6-7-11(13-5-2)12(14-3)10-8-9-10/h10-13H,5,7-9H2,1-3H3.